The van der Waals surface area contributed by atoms with Crippen LogP contribution in [-0.2, 0) is 0 Å². The molecule has 0 saturated carbocycles. The lowest BCUT2D eigenvalue weighted by molar-refractivity contribution is 0.353. The standard InChI is InChI=1S/C18H20ClFN2O/c1-2-10-22(11-9-20)18-14-12-13(19)7-8-16(14)23-17-6-4-3-5-15(17)21-18/h3-6,8,12-13H,2,7,9-11H2,1H3. The van der Waals surface area contributed by atoms with Gasteiger partial charge < -0.3 is 9.64 Å². The zero-order valence-corrected chi connectivity index (χ0v) is 13.9. The first-order valence-electron chi connectivity index (χ1n) is 7.96. The van der Waals surface area contributed by atoms with Gasteiger partial charge in [-0.05, 0) is 31.1 Å². The molecule has 0 N–H and O–H groups in total. The van der Waals surface area contributed by atoms with Crippen LogP contribution in [0.1, 0.15) is 19.8 Å². The third kappa shape index (κ3) is 3.42. The minimum Gasteiger partial charge on any atom is -0.455 e. The number of hydrogen-bond donors (Lipinski definition) is 0. The number of nitrogens with zero attached hydrogens (tertiary/aromatic N) is 2. The molecule has 1 aromatic rings. The molecule has 1 aromatic carbocycles. The molecule has 1 unspecified atom stereocenters. The van der Waals surface area contributed by atoms with Crippen molar-refractivity contribution in [3.8, 4) is 5.75 Å². The SMILES string of the molecule is CCCN(CCF)C1=Nc2ccccc2OC2=CCC(Cl)C=C21. The summed E-state index contributed by atoms with van der Waals surface area (Å²) >= 11 is 6.30. The number of benzene rings is 1. The van der Waals surface area contributed by atoms with Crippen molar-refractivity contribution in [1.82, 2.24) is 4.90 Å². The first kappa shape index (κ1) is 16.1. The van der Waals surface area contributed by atoms with E-state index in [1.165, 1.54) is 0 Å². The van der Waals surface area contributed by atoms with E-state index in [0.29, 0.717) is 18.7 Å². The van der Waals surface area contributed by atoms with E-state index in [0.717, 1.165) is 35.8 Å². The molecule has 2 aliphatic rings. The molecule has 1 aliphatic heterocycles. The fraction of sp³-hybridized carbons (Fsp3) is 0.389. The van der Waals surface area contributed by atoms with Crippen LogP contribution in [0.25, 0.3) is 0 Å². The fourth-order valence-corrected chi connectivity index (χ4v) is 3.02. The maximum Gasteiger partial charge on any atom is 0.153 e. The van der Waals surface area contributed by atoms with Crippen molar-refractivity contribution in [2.24, 2.45) is 4.99 Å². The number of para-hydroxylation sites is 2. The van der Waals surface area contributed by atoms with Crippen LogP contribution in [0.15, 0.2) is 52.7 Å². The van der Waals surface area contributed by atoms with Gasteiger partial charge in [-0.1, -0.05) is 25.1 Å². The number of hydrogen-bond acceptors (Lipinski definition) is 3. The van der Waals surface area contributed by atoms with E-state index >= 15 is 0 Å². The van der Waals surface area contributed by atoms with Gasteiger partial charge in [0.05, 0.1) is 11.0 Å². The average Bonchev–Trinajstić information content (AvgIpc) is 2.71. The van der Waals surface area contributed by atoms with Crippen molar-refractivity contribution in [2.75, 3.05) is 19.8 Å². The normalized spacial score (nSPS) is 19.4. The molecule has 5 heteroatoms. The molecular weight excluding hydrogens is 315 g/mol. The monoisotopic (exact) mass is 334 g/mol. The van der Waals surface area contributed by atoms with E-state index in [1.807, 2.05) is 41.3 Å². The minimum absolute atomic E-state index is 0.0994. The highest BCUT2D eigenvalue weighted by molar-refractivity contribution is 6.22. The van der Waals surface area contributed by atoms with E-state index in [2.05, 4.69) is 6.92 Å². The van der Waals surface area contributed by atoms with Crippen molar-refractivity contribution >= 4 is 23.1 Å². The Kier molecular flexibility index (Phi) is 5.01. The van der Waals surface area contributed by atoms with Crippen LogP contribution in [0.5, 0.6) is 5.75 Å². The lowest BCUT2D eigenvalue weighted by Gasteiger charge is -2.27. The fourth-order valence-electron chi connectivity index (χ4n) is 2.81. The molecule has 3 rings (SSSR count). The van der Waals surface area contributed by atoms with Crippen LogP contribution in [-0.4, -0.2) is 35.9 Å². The molecule has 23 heavy (non-hydrogen) atoms. The molecule has 1 heterocycles. The Balaban J connectivity index is 2.10. The zero-order chi connectivity index (χ0) is 16.2. The molecule has 0 bridgehead atoms. The summed E-state index contributed by atoms with van der Waals surface area (Å²) < 4.78 is 19.1. The number of amidine groups is 1. The number of allylic oxidation sites excluding steroid dienone is 2. The van der Waals surface area contributed by atoms with Crippen LogP contribution in [0.3, 0.4) is 0 Å². The summed E-state index contributed by atoms with van der Waals surface area (Å²) in [7, 11) is 0. The molecule has 3 nitrogen and oxygen atoms in total. The molecule has 0 amide bonds. The van der Waals surface area contributed by atoms with Crippen molar-refractivity contribution in [3.05, 3.63) is 47.7 Å². The van der Waals surface area contributed by atoms with Crippen LogP contribution < -0.4 is 4.74 Å². The first-order valence-corrected chi connectivity index (χ1v) is 8.40. The third-order valence-electron chi connectivity index (χ3n) is 3.84. The van der Waals surface area contributed by atoms with Gasteiger partial charge in [-0.3, -0.25) is 0 Å². The second kappa shape index (κ2) is 7.18. The molecular formula is C18H20ClFN2O. The molecule has 0 radical (unpaired) electrons. The molecule has 1 atom stereocenters. The van der Waals surface area contributed by atoms with Crippen LogP contribution in [0.2, 0.25) is 0 Å². The van der Waals surface area contributed by atoms with Crippen molar-refractivity contribution < 1.29 is 9.13 Å². The highest BCUT2D eigenvalue weighted by Crippen LogP contribution is 2.37. The van der Waals surface area contributed by atoms with Gasteiger partial charge in [0.1, 0.15) is 24.0 Å². The van der Waals surface area contributed by atoms with Crippen LogP contribution in [0.4, 0.5) is 10.1 Å². The molecule has 0 fully saturated rings. The Morgan fingerprint density at radius 1 is 1.35 bits per heavy atom. The van der Waals surface area contributed by atoms with Gasteiger partial charge in [0.15, 0.2) is 5.75 Å². The lowest BCUT2D eigenvalue weighted by Crippen LogP contribution is -2.36. The molecule has 0 aromatic heterocycles. The van der Waals surface area contributed by atoms with Crippen molar-refractivity contribution in [2.45, 2.75) is 25.1 Å². The highest BCUT2D eigenvalue weighted by Gasteiger charge is 2.27. The highest BCUT2D eigenvalue weighted by atomic mass is 35.5. The average molecular weight is 335 g/mol. The Bertz CT molecular complexity index is 663. The topological polar surface area (TPSA) is 24.8 Å². The summed E-state index contributed by atoms with van der Waals surface area (Å²) in [6, 6.07) is 7.64. The summed E-state index contributed by atoms with van der Waals surface area (Å²) in [5.74, 6) is 2.21. The largest absolute Gasteiger partial charge is 0.455 e. The van der Waals surface area contributed by atoms with E-state index < -0.39 is 6.67 Å². The van der Waals surface area contributed by atoms with Gasteiger partial charge in [0, 0.05) is 13.1 Å². The minimum atomic E-state index is -0.418. The predicted octanol–water partition coefficient (Wildman–Crippen LogP) is 4.61. The summed E-state index contributed by atoms with van der Waals surface area (Å²) in [6.45, 7) is 2.70. The van der Waals surface area contributed by atoms with Gasteiger partial charge in [0.25, 0.3) is 0 Å². The van der Waals surface area contributed by atoms with Crippen LogP contribution in [0, 0.1) is 0 Å². The number of alkyl halides is 2. The molecule has 0 spiro atoms. The van der Waals surface area contributed by atoms with E-state index in [9.17, 15) is 4.39 Å². The number of aliphatic imine (C=N–C) groups is 1. The molecule has 1 aliphatic carbocycles. The summed E-state index contributed by atoms with van der Waals surface area (Å²) in [5.41, 5.74) is 1.61. The number of halogens is 2. The van der Waals surface area contributed by atoms with Gasteiger partial charge in [0.2, 0.25) is 0 Å². The third-order valence-corrected chi connectivity index (χ3v) is 4.15. The number of rotatable bonds is 4. The van der Waals surface area contributed by atoms with Gasteiger partial charge in [-0.25, -0.2) is 9.38 Å². The van der Waals surface area contributed by atoms with Crippen LogP contribution >= 0.6 is 11.6 Å². The van der Waals surface area contributed by atoms with E-state index in [1.54, 1.807) is 0 Å². The summed E-state index contributed by atoms with van der Waals surface area (Å²) in [5, 5.41) is -0.0994. The maximum absolute atomic E-state index is 13.0. The van der Waals surface area contributed by atoms with Gasteiger partial charge in [-0.2, -0.15) is 0 Å². The molecule has 122 valence electrons. The summed E-state index contributed by atoms with van der Waals surface area (Å²) in [4.78, 5) is 6.75. The van der Waals surface area contributed by atoms with Crippen molar-refractivity contribution in [1.29, 1.82) is 0 Å². The lowest BCUT2D eigenvalue weighted by atomic mass is 10.0. The first-order chi connectivity index (χ1) is 11.2. The second-order valence-electron chi connectivity index (χ2n) is 5.58. The Labute approximate surface area is 141 Å². The predicted molar refractivity (Wildman–Crippen MR) is 92.4 cm³/mol. The number of fused-ring (bicyclic) bond motifs is 2. The maximum atomic E-state index is 13.0. The Morgan fingerprint density at radius 2 is 2.17 bits per heavy atom. The zero-order valence-electron chi connectivity index (χ0n) is 13.1. The molecule has 0 saturated heterocycles. The quantitative estimate of drug-likeness (QED) is 0.751. The van der Waals surface area contributed by atoms with Crippen molar-refractivity contribution in [3.63, 3.8) is 0 Å². The van der Waals surface area contributed by atoms with E-state index in [-0.39, 0.29) is 5.38 Å². The number of ether oxygens (including phenoxy) is 1. The smallest absolute Gasteiger partial charge is 0.153 e. The van der Waals surface area contributed by atoms with Gasteiger partial charge >= 0.3 is 0 Å². The second-order valence-corrected chi connectivity index (χ2v) is 6.14. The Hall–Kier alpha value is -1.81. The summed E-state index contributed by atoms with van der Waals surface area (Å²) in [6.07, 6.45) is 5.58. The Morgan fingerprint density at radius 3 is 2.96 bits per heavy atom. The van der Waals surface area contributed by atoms with Gasteiger partial charge in [-0.15, -0.1) is 11.6 Å². The van der Waals surface area contributed by atoms with E-state index in [4.69, 9.17) is 21.3 Å².